The number of nitrogens with zero attached hydrogens (tertiary/aromatic N) is 1. The van der Waals surface area contributed by atoms with Gasteiger partial charge in [-0.15, -0.1) is 0 Å². The van der Waals surface area contributed by atoms with Gasteiger partial charge in [-0.1, -0.05) is 41.1 Å². The van der Waals surface area contributed by atoms with Crippen LogP contribution in [0, 0.1) is 0 Å². The van der Waals surface area contributed by atoms with E-state index in [2.05, 4.69) is 15.9 Å². The summed E-state index contributed by atoms with van der Waals surface area (Å²) in [5.41, 5.74) is 1.73. The van der Waals surface area contributed by atoms with Gasteiger partial charge in [0.05, 0.1) is 10.4 Å². The molecule has 5 heteroatoms. The van der Waals surface area contributed by atoms with Gasteiger partial charge in [-0.2, -0.15) is 0 Å². The van der Waals surface area contributed by atoms with Gasteiger partial charge >= 0.3 is 0 Å². The smallest absolute Gasteiger partial charge is 0.241 e. The van der Waals surface area contributed by atoms with Crippen LogP contribution in [0.15, 0.2) is 64.1 Å². The number of rotatable bonds is 3. The van der Waals surface area contributed by atoms with Crippen LogP contribution in [0.5, 0.6) is 0 Å². The lowest BCUT2D eigenvalue weighted by molar-refractivity contribution is 0.589. The summed E-state index contributed by atoms with van der Waals surface area (Å²) in [5, 5.41) is 0.964. The predicted octanol–water partition coefficient (Wildman–Crippen LogP) is 4.20. The highest BCUT2D eigenvalue weighted by Crippen LogP contribution is 2.28. The molecule has 0 fully saturated rings. The number of aromatic nitrogens is 1. The van der Waals surface area contributed by atoms with E-state index in [0.29, 0.717) is 10.4 Å². The zero-order valence-corrected chi connectivity index (χ0v) is 13.9. The average Bonchev–Trinajstić information content (AvgIpc) is 2.86. The van der Waals surface area contributed by atoms with Gasteiger partial charge in [0, 0.05) is 16.1 Å². The van der Waals surface area contributed by atoms with Crippen molar-refractivity contribution in [1.82, 2.24) is 3.97 Å². The number of halogens is 1. The van der Waals surface area contributed by atoms with Crippen LogP contribution >= 0.6 is 15.9 Å². The van der Waals surface area contributed by atoms with E-state index in [9.17, 15) is 8.42 Å². The van der Waals surface area contributed by atoms with E-state index >= 15 is 0 Å². The number of hydrogen-bond donors (Lipinski definition) is 0. The number of fused-ring (bicyclic) bond motifs is 1. The van der Waals surface area contributed by atoms with E-state index in [-0.39, 0.29) is 0 Å². The molecule has 0 amide bonds. The highest BCUT2D eigenvalue weighted by Gasteiger charge is 2.20. The van der Waals surface area contributed by atoms with Crippen LogP contribution in [-0.4, -0.2) is 12.4 Å². The van der Waals surface area contributed by atoms with Gasteiger partial charge in [-0.3, -0.25) is 0 Å². The Hall–Kier alpha value is -1.59. The molecule has 0 aliphatic carbocycles. The van der Waals surface area contributed by atoms with Crippen LogP contribution in [0.4, 0.5) is 0 Å². The summed E-state index contributed by atoms with van der Waals surface area (Å²) in [6, 6.07) is 14.2. The first-order valence-corrected chi connectivity index (χ1v) is 8.87. The van der Waals surface area contributed by atoms with Crippen molar-refractivity contribution in [2.75, 3.05) is 0 Å². The highest BCUT2D eigenvalue weighted by molar-refractivity contribution is 9.10. The molecule has 0 aliphatic rings. The largest absolute Gasteiger partial charge is 0.268 e. The van der Waals surface area contributed by atoms with E-state index in [1.165, 1.54) is 3.97 Å². The second-order valence-electron chi connectivity index (χ2n) is 4.78. The minimum Gasteiger partial charge on any atom is -0.241 e. The summed E-state index contributed by atoms with van der Waals surface area (Å²) < 4.78 is 27.9. The van der Waals surface area contributed by atoms with Crippen molar-refractivity contribution in [1.29, 1.82) is 0 Å². The van der Waals surface area contributed by atoms with Crippen molar-refractivity contribution in [2.45, 2.75) is 18.2 Å². The minimum absolute atomic E-state index is 0.299. The molecule has 0 bridgehead atoms. The van der Waals surface area contributed by atoms with Crippen LogP contribution in [-0.2, 0) is 16.4 Å². The number of hydrogen-bond acceptors (Lipinski definition) is 2. The number of aryl methyl sites for hydroxylation is 1. The van der Waals surface area contributed by atoms with Crippen molar-refractivity contribution >= 4 is 36.9 Å². The van der Waals surface area contributed by atoms with Crippen molar-refractivity contribution in [3.05, 3.63) is 64.8 Å². The molecule has 2 aromatic carbocycles. The second kappa shape index (κ2) is 5.31. The van der Waals surface area contributed by atoms with E-state index in [1.807, 2.05) is 25.1 Å². The average molecular weight is 364 g/mol. The van der Waals surface area contributed by atoms with Gasteiger partial charge in [-0.25, -0.2) is 12.4 Å². The fourth-order valence-corrected chi connectivity index (χ4v) is 4.20. The Labute approximate surface area is 132 Å². The van der Waals surface area contributed by atoms with Crippen LogP contribution < -0.4 is 0 Å². The molecule has 3 aromatic rings. The van der Waals surface area contributed by atoms with Crippen LogP contribution in [0.25, 0.3) is 10.9 Å². The first-order chi connectivity index (χ1) is 10.0. The Kier molecular flexibility index (Phi) is 3.63. The first kappa shape index (κ1) is 14.4. The molecule has 1 heterocycles. The molecule has 108 valence electrons. The van der Waals surface area contributed by atoms with Crippen molar-refractivity contribution in [3.63, 3.8) is 0 Å². The second-order valence-corrected chi connectivity index (χ2v) is 7.51. The van der Waals surface area contributed by atoms with E-state index < -0.39 is 10.0 Å². The minimum atomic E-state index is -3.57. The Morgan fingerprint density at radius 1 is 1.10 bits per heavy atom. The lowest BCUT2D eigenvalue weighted by atomic mass is 10.1. The van der Waals surface area contributed by atoms with Crippen LogP contribution in [0.2, 0.25) is 0 Å². The highest BCUT2D eigenvalue weighted by atomic mass is 79.9. The maximum absolute atomic E-state index is 12.8. The van der Waals surface area contributed by atoms with E-state index in [1.54, 1.807) is 36.5 Å². The van der Waals surface area contributed by atoms with Gasteiger partial charge in [-0.05, 0) is 42.3 Å². The third-order valence-corrected chi connectivity index (χ3v) is 5.68. The Balaban J connectivity index is 2.31. The molecule has 0 saturated heterocycles. The maximum Gasteiger partial charge on any atom is 0.268 e. The summed E-state index contributed by atoms with van der Waals surface area (Å²) in [7, 11) is -3.57. The molecule has 0 atom stereocenters. The Bertz CT molecular complexity index is 899. The Morgan fingerprint density at radius 2 is 1.81 bits per heavy atom. The zero-order valence-electron chi connectivity index (χ0n) is 11.5. The topological polar surface area (TPSA) is 39.1 Å². The SMILES string of the molecule is CCc1cn(S(=O)(=O)c2ccccc2)c2ccc(Br)cc12. The molecule has 0 radical (unpaired) electrons. The van der Waals surface area contributed by atoms with Crippen LogP contribution in [0.3, 0.4) is 0 Å². The van der Waals surface area contributed by atoms with Gasteiger partial charge in [0.1, 0.15) is 0 Å². The van der Waals surface area contributed by atoms with Crippen molar-refractivity contribution in [3.8, 4) is 0 Å². The summed E-state index contributed by atoms with van der Waals surface area (Å²) in [4.78, 5) is 0.299. The predicted molar refractivity (Wildman–Crippen MR) is 88.0 cm³/mol. The molecule has 3 nitrogen and oxygen atoms in total. The Morgan fingerprint density at radius 3 is 2.48 bits per heavy atom. The zero-order chi connectivity index (χ0) is 15.0. The quantitative estimate of drug-likeness (QED) is 0.699. The van der Waals surface area contributed by atoms with Crippen molar-refractivity contribution in [2.24, 2.45) is 0 Å². The summed E-state index contributed by atoms with van der Waals surface area (Å²) in [6.45, 7) is 2.02. The fourth-order valence-electron chi connectivity index (χ4n) is 2.42. The standard InChI is InChI=1S/C16H14BrNO2S/c1-2-12-11-18(16-9-8-13(17)10-15(12)16)21(19,20)14-6-4-3-5-7-14/h3-11H,2H2,1H3. The lowest BCUT2D eigenvalue weighted by Gasteiger charge is -2.07. The van der Waals surface area contributed by atoms with Gasteiger partial charge < -0.3 is 0 Å². The van der Waals surface area contributed by atoms with Crippen molar-refractivity contribution < 1.29 is 8.42 Å². The van der Waals surface area contributed by atoms with Crippen LogP contribution in [0.1, 0.15) is 12.5 Å². The number of benzene rings is 2. The van der Waals surface area contributed by atoms with Gasteiger partial charge in [0.2, 0.25) is 0 Å². The van der Waals surface area contributed by atoms with E-state index in [0.717, 1.165) is 21.8 Å². The van der Waals surface area contributed by atoms with Gasteiger partial charge in [0.15, 0.2) is 0 Å². The molecular formula is C16H14BrNO2S. The molecule has 0 spiro atoms. The molecular weight excluding hydrogens is 350 g/mol. The summed E-state index contributed by atoms with van der Waals surface area (Å²) in [5.74, 6) is 0. The first-order valence-electron chi connectivity index (χ1n) is 6.64. The molecule has 0 unspecified atom stereocenters. The molecule has 21 heavy (non-hydrogen) atoms. The third-order valence-electron chi connectivity index (χ3n) is 3.50. The fraction of sp³-hybridized carbons (Fsp3) is 0.125. The molecule has 3 rings (SSSR count). The third kappa shape index (κ3) is 2.40. The van der Waals surface area contributed by atoms with Gasteiger partial charge in [0.25, 0.3) is 10.0 Å². The molecule has 0 aliphatic heterocycles. The summed E-state index contributed by atoms with van der Waals surface area (Å²) >= 11 is 3.44. The molecule has 1 aromatic heterocycles. The summed E-state index contributed by atoms with van der Waals surface area (Å²) in [6.07, 6.45) is 2.50. The molecule has 0 N–H and O–H groups in total. The monoisotopic (exact) mass is 363 g/mol. The lowest BCUT2D eigenvalue weighted by Crippen LogP contribution is -2.11. The maximum atomic E-state index is 12.8. The normalized spacial score (nSPS) is 11.9. The van der Waals surface area contributed by atoms with E-state index in [4.69, 9.17) is 0 Å². The molecule has 0 saturated carbocycles.